The van der Waals surface area contributed by atoms with Crippen LogP contribution in [-0.4, -0.2) is 26.0 Å². The third-order valence-electron chi connectivity index (χ3n) is 1.77. The molecule has 0 bridgehead atoms. The number of H-pyrrole nitrogens is 1. The van der Waals surface area contributed by atoms with Crippen molar-refractivity contribution in [2.24, 2.45) is 0 Å². The van der Waals surface area contributed by atoms with Crippen molar-refractivity contribution in [3.8, 4) is 11.5 Å². The number of nitrogens with zero attached hydrogens (tertiary/aromatic N) is 2. The van der Waals surface area contributed by atoms with Crippen molar-refractivity contribution in [3.63, 3.8) is 0 Å². The lowest BCUT2D eigenvalue weighted by Crippen LogP contribution is -1.97. The Bertz CT molecular complexity index is 495. The highest BCUT2D eigenvalue weighted by Crippen LogP contribution is 2.19. The number of carboxylic acid groups (broad SMARTS) is 1. The summed E-state index contributed by atoms with van der Waals surface area (Å²) in [4.78, 5) is 21.2. The number of carbonyl (C=O) groups is 1. The zero-order valence-corrected chi connectivity index (χ0v) is 8.19. The van der Waals surface area contributed by atoms with Crippen LogP contribution in [-0.2, 0) is 0 Å². The first-order chi connectivity index (χ1) is 7.18. The molecule has 2 aromatic heterocycles. The summed E-state index contributed by atoms with van der Waals surface area (Å²) in [5, 5.41) is 8.74. The monoisotopic (exact) mass is 223 g/mol. The van der Waals surface area contributed by atoms with Gasteiger partial charge >= 0.3 is 5.97 Å². The minimum absolute atomic E-state index is 0.00292. The number of aromatic amines is 1. The lowest BCUT2D eigenvalue weighted by molar-refractivity contribution is 0.0691. The van der Waals surface area contributed by atoms with Crippen molar-refractivity contribution in [2.45, 2.75) is 0 Å². The predicted octanol–water partition coefficient (Wildman–Crippen LogP) is 1.82. The Hall–Kier alpha value is -1.88. The topological polar surface area (TPSA) is 78.9 Å². The molecule has 0 amide bonds. The van der Waals surface area contributed by atoms with Crippen LogP contribution in [0.2, 0.25) is 5.15 Å². The van der Waals surface area contributed by atoms with Crippen LogP contribution >= 0.6 is 11.6 Å². The molecule has 0 aliphatic carbocycles. The van der Waals surface area contributed by atoms with Gasteiger partial charge in [-0.15, -0.1) is 0 Å². The van der Waals surface area contributed by atoms with Crippen LogP contribution in [0.25, 0.3) is 11.5 Å². The predicted molar refractivity (Wildman–Crippen MR) is 53.8 cm³/mol. The maximum atomic E-state index is 10.7. The minimum atomic E-state index is -1.17. The molecule has 76 valence electrons. The Morgan fingerprint density at radius 2 is 2.27 bits per heavy atom. The van der Waals surface area contributed by atoms with E-state index >= 15 is 0 Å². The molecule has 5 nitrogen and oxygen atoms in total. The minimum Gasteiger partial charge on any atom is -0.476 e. The number of hydrogen-bond acceptors (Lipinski definition) is 3. The summed E-state index contributed by atoms with van der Waals surface area (Å²) in [6.45, 7) is 0. The molecule has 2 heterocycles. The summed E-state index contributed by atoms with van der Waals surface area (Å²) in [6.07, 6.45) is 1.59. The number of aromatic carboxylic acids is 1. The van der Waals surface area contributed by atoms with Gasteiger partial charge in [-0.2, -0.15) is 0 Å². The Kier molecular flexibility index (Phi) is 2.39. The number of carboxylic acids is 1. The van der Waals surface area contributed by atoms with Gasteiger partial charge in [-0.3, -0.25) is 4.98 Å². The first-order valence-corrected chi connectivity index (χ1v) is 4.46. The molecular weight excluding hydrogens is 218 g/mol. The maximum Gasteiger partial charge on any atom is 0.357 e. The number of imidazole rings is 1. The van der Waals surface area contributed by atoms with Crippen LogP contribution < -0.4 is 0 Å². The average Bonchev–Trinajstić information content (AvgIpc) is 2.62. The third kappa shape index (κ3) is 1.82. The lowest BCUT2D eigenvalue weighted by Gasteiger charge is -1.92. The second-order valence-electron chi connectivity index (χ2n) is 2.77. The zero-order chi connectivity index (χ0) is 10.8. The second-order valence-corrected chi connectivity index (χ2v) is 3.15. The first kappa shape index (κ1) is 9.67. The van der Waals surface area contributed by atoms with Crippen LogP contribution in [0.3, 0.4) is 0 Å². The molecule has 6 heteroatoms. The number of rotatable bonds is 2. The van der Waals surface area contributed by atoms with Crippen molar-refractivity contribution in [1.29, 1.82) is 0 Å². The largest absolute Gasteiger partial charge is 0.476 e. The van der Waals surface area contributed by atoms with Gasteiger partial charge in [0, 0.05) is 6.20 Å². The SMILES string of the molecule is O=C(O)c1nc(-c2ccccn2)[nH]c1Cl. The van der Waals surface area contributed by atoms with E-state index in [0.717, 1.165) is 0 Å². The molecular formula is C9H6ClN3O2. The number of halogens is 1. The zero-order valence-electron chi connectivity index (χ0n) is 7.44. The second kappa shape index (κ2) is 3.70. The molecule has 0 saturated heterocycles. The van der Waals surface area contributed by atoms with Gasteiger partial charge in [-0.25, -0.2) is 9.78 Å². The number of nitrogens with one attached hydrogen (secondary N) is 1. The smallest absolute Gasteiger partial charge is 0.357 e. The van der Waals surface area contributed by atoms with Crippen LogP contribution in [0.15, 0.2) is 24.4 Å². The highest BCUT2D eigenvalue weighted by molar-refractivity contribution is 6.32. The van der Waals surface area contributed by atoms with E-state index in [4.69, 9.17) is 16.7 Å². The van der Waals surface area contributed by atoms with E-state index in [0.29, 0.717) is 11.5 Å². The first-order valence-electron chi connectivity index (χ1n) is 4.08. The molecule has 0 fully saturated rings. The average molecular weight is 224 g/mol. The van der Waals surface area contributed by atoms with Gasteiger partial charge in [0.15, 0.2) is 11.5 Å². The normalized spacial score (nSPS) is 10.2. The summed E-state index contributed by atoms with van der Waals surface area (Å²) < 4.78 is 0. The van der Waals surface area contributed by atoms with E-state index < -0.39 is 5.97 Å². The van der Waals surface area contributed by atoms with Crippen LogP contribution in [0.4, 0.5) is 0 Å². The molecule has 15 heavy (non-hydrogen) atoms. The molecule has 0 saturated carbocycles. The summed E-state index contributed by atoms with van der Waals surface area (Å²) in [7, 11) is 0. The van der Waals surface area contributed by atoms with E-state index in [1.54, 1.807) is 24.4 Å². The molecule has 0 spiro atoms. The third-order valence-corrected chi connectivity index (χ3v) is 2.04. The van der Waals surface area contributed by atoms with Crippen LogP contribution in [0.5, 0.6) is 0 Å². The molecule has 0 aliphatic rings. The summed E-state index contributed by atoms with van der Waals surface area (Å²) in [6, 6.07) is 5.24. The molecule has 2 rings (SSSR count). The molecule has 2 N–H and O–H groups in total. The van der Waals surface area contributed by atoms with Gasteiger partial charge in [-0.1, -0.05) is 17.7 Å². The highest BCUT2D eigenvalue weighted by Gasteiger charge is 2.15. The highest BCUT2D eigenvalue weighted by atomic mass is 35.5. The molecule has 2 aromatic rings. The Balaban J connectivity index is 2.48. The molecule has 0 atom stereocenters. The van der Waals surface area contributed by atoms with E-state index in [9.17, 15) is 4.79 Å². The summed E-state index contributed by atoms with van der Waals surface area (Å²) in [5.41, 5.74) is 0.351. The Labute approximate surface area is 89.8 Å². The molecule has 0 unspecified atom stereocenters. The van der Waals surface area contributed by atoms with Crippen molar-refractivity contribution < 1.29 is 9.90 Å². The van der Waals surface area contributed by atoms with Crippen LogP contribution in [0.1, 0.15) is 10.5 Å². The number of hydrogen-bond donors (Lipinski definition) is 2. The summed E-state index contributed by atoms with van der Waals surface area (Å²) >= 11 is 5.66. The fourth-order valence-corrected chi connectivity index (χ4v) is 1.33. The van der Waals surface area contributed by atoms with Crippen LogP contribution in [0, 0.1) is 0 Å². The van der Waals surface area contributed by atoms with Gasteiger partial charge in [-0.05, 0) is 12.1 Å². The van der Waals surface area contributed by atoms with Gasteiger partial charge in [0.05, 0.1) is 0 Å². The van der Waals surface area contributed by atoms with Crippen molar-refractivity contribution in [2.75, 3.05) is 0 Å². The molecule has 0 aromatic carbocycles. The van der Waals surface area contributed by atoms with Crippen molar-refractivity contribution >= 4 is 17.6 Å². The molecule has 0 radical (unpaired) electrons. The quantitative estimate of drug-likeness (QED) is 0.814. The fraction of sp³-hybridized carbons (Fsp3) is 0. The summed E-state index contributed by atoms with van der Waals surface area (Å²) in [5.74, 6) is -0.823. The maximum absolute atomic E-state index is 10.7. The van der Waals surface area contributed by atoms with E-state index in [1.165, 1.54) is 0 Å². The number of aromatic nitrogens is 3. The lowest BCUT2D eigenvalue weighted by atomic mass is 10.3. The van der Waals surface area contributed by atoms with Crippen molar-refractivity contribution in [1.82, 2.24) is 15.0 Å². The Morgan fingerprint density at radius 1 is 1.47 bits per heavy atom. The van der Waals surface area contributed by atoms with Gasteiger partial charge in [0.2, 0.25) is 0 Å². The van der Waals surface area contributed by atoms with E-state index in [2.05, 4.69) is 15.0 Å². The fourth-order valence-electron chi connectivity index (χ4n) is 1.12. The van der Waals surface area contributed by atoms with Gasteiger partial charge < -0.3 is 10.1 Å². The van der Waals surface area contributed by atoms with Gasteiger partial charge in [0.25, 0.3) is 0 Å². The Morgan fingerprint density at radius 3 is 2.80 bits per heavy atom. The molecule has 0 aliphatic heterocycles. The van der Waals surface area contributed by atoms with E-state index in [-0.39, 0.29) is 10.8 Å². The number of pyridine rings is 1. The van der Waals surface area contributed by atoms with E-state index in [1.807, 2.05) is 0 Å². The van der Waals surface area contributed by atoms with Crippen molar-refractivity contribution in [3.05, 3.63) is 35.2 Å². The standard InChI is InChI=1S/C9H6ClN3O2/c10-7-6(9(14)15)12-8(13-7)5-3-1-2-4-11-5/h1-4H,(H,12,13)(H,14,15). The van der Waals surface area contributed by atoms with Gasteiger partial charge in [0.1, 0.15) is 10.8 Å².